The van der Waals surface area contributed by atoms with Crippen molar-refractivity contribution in [3.05, 3.63) is 11.9 Å². The van der Waals surface area contributed by atoms with Crippen molar-refractivity contribution in [3.63, 3.8) is 0 Å². The molecule has 1 aliphatic rings. The van der Waals surface area contributed by atoms with Crippen molar-refractivity contribution in [2.45, 2.75) is 51.6 Å². The number of ether oxygens (including phenoxy) is 1. The Kier molecular flexibility index (Phi) is 6.05. The molecule has 0 radical (unpaired) electrons. The second-order valence-corrected chi connectivity index (χ2v) is 5.25. The minimum atomic E-state index is 0.413. The van der Waals surface area contributed by atoms with Gasteiger partial charge in [0.15, 0.2) is 0 Å². The molecule has 0 aliphatic carbocycles. The molecule has 1 unspecified atom stereocenters. The standard InChI is InChI=1S/C15H26N4O/c1-3-6-13-14(16-2)18-11-19-15(13)17-9-8-12-7-4-5-10-20-12/h11-12H,3-10H2,1-2H3,(H2,16,17,18,19). The summed E-state index contributed by atoms with van der Waals surface area (Å²) in [5, 5.41) is 6.59. The molecule has 0 aromatic carbocycles. The molecule has 20 heavy (non-hydrogen) atoms. The molecule has 2 heterocycles. The molecule has 1 saturated heterocycles. The highest BCUT2D eigenvalue weighted by Gasteiger charge is 2.14. The Balaban J connectivity index is 1.90. The maximum atomic E-state index is 5.75. The maximum absolute atomic E-state index is 5.75. The van der Waals surface area contributed by atoms with Crippen molar-refractivity contribution >= 4 is 11.6 Å². The van der Waals surface area contributed by atoms with Gasteiger partial charge in [0.05, 0.1) is 6.10 Å². The third-order valence-corrected chi connectivity index (χ3v) is 3.71. The van der Waals surface area contributed by atoms with Crippen LogP contribution >= 0.6 is 0 Å². The minimum absolute atomic E-state index is 0.413. The molecular weight excluding hydrogens is 252 g/mol. The molecule has 1 atom stereocenters. The van der Waals surface area contributed by atoms with Crippen LogP contribution in [0.1, 0.15) is 44.6 Å². The number of nitrogens with one attached hydrogen (secondary N) is 2. The number of hydrogen-bond donors (Lipinski definition) is 2. The van der Waals surface area contributed by atoms with Gasteiger partial charge in [0, 0.05) is 25.8 Å². The zero-order valence-electron chi connectivity index (χ0n) is 12.6. The Bertz CT molecular complexity index is 405. The molecule has 1 aromatic rings. The minimum Gasteiger partial charge on any atom is -0.378 e. The van der Waals surface area contributed by atoms with Crippen LogP contribution in [0.5, 0.6) is 0 Å². The van der Waals surface area contributed by atoms with E-state index in [4.69, 9.17) is 4.74 Å². The summed E-state index contributed by atoms with van der Waals surface area (Å²) in [5.74, 6) is 1.89. The third-order valence-electron chi connectivity index (χ3n) is 3.71. The topological polar surface area (TPSA) is 59.1 Å². The molecule has 1 aliphatic heterocycles. The van der Waals surface area contributed by atoms with Crippen LogP contribution in [-0.2, 0) is 11.2 Å². The van der Waals surface area contributed by atoms with Crippen molar-refractivity contribution in [1.29, 1.82) is 0 Å². The van der Waals surface area contributed by atoms with Crippen molar-refractivity contribution < 1.29 is 4.74 Å². The van der Waals surface area contributed by atoms with E-state index in [0.717, 1.165) is 44.0 Å². The van der Waals surface area contributed by atoms with Gasteiger partial charge in [-0.2, -0.15) is 0 Å². The van der Waals surface area contributed by atoms with E-state index in [9.17, 15) is 0 Å². The van der Waals surface area contributed by atoms with Crippen LogP contribution in [0.25, 0.3) is 0 Å². The van der Waals surface area contributed by atoms with E-state index in [1.54, 1.807) is 6.33 Å². The van der Waals surface area contributed by atoms with E-state index in [1.165, 1.54) is 24.8 Å². The Morgan fingerprint density at radius 1 is 1.30 bits per heavy atom. The van der Waals surface area contributed by atoms with Crippen molar-refractivity contribution in [3.8, 4) is 0 Å². The summed E-state index contributed by atoms with van der Waals surface area (Å²) in [4.78, 5) is 8.67. The number of rotatable bonds is 7. The van der Waals surface area contributed by atoms with Crippen LogP contribution < -0.4 is 10.6 Å². The summed E-state index contributed by atoms with van der Waals surface area (Å²) in [6, 6.07) is 0. The predicted molar refractivity (Wildman–Crippen MR) is 82.3 cm³/mol. The smallest absolute Gasteiger partial charge is 0.134 e. The molecule has 5 heteroatoms. The lowest BCUT2D eigenvalue weighted by Crippen LogP contribution is -2.22. The van der Waals surface area contributed by atoms with Gasteiger partial charge >= 0.3 is 0 Å². The van der Waals surface area contributed by atoms with E-state index in [0.29, 0.717) is 6.10 Å². The highest BCUT2D eigenvalue weighted by molar-refractivity contribution is 5.57. The Morgan fingerprint density at radius 3 is 2.85 bits per heavy atom. The van der Waals surface area contributed by atoms with Gasteiger partial charge in [-0.3, -0.25) is 0 Å². The molecule has 0 saturated carbocycles. The SMILES string of the molecule is CCCc1c(NC)ncnc1NCCC1CCCCO1. The van der Waals surface area contributed by atoms with E-state index < -0.39 is 0 Å². The Morgan fingerprint density at radius 2 is 2.15 bits per heavy atom. The second-order valence-electron chi connectivity index (χ2n) is 5.25. The van der Waals surface area contributed by atoms with E-state index >= 15 is 0 Å². The van der Waals surface area contributed by atoms with Crippen LogP contribution in [0.4, 0.5) is 11.6 Å². The van der Waals surface area contributed by atoms with Crippen molar-refractivity contribution in [2.24, 2.45) is 0 Å². The zero-order chi connectivity index (χ0) is 14.2. The van der Waals surface area contributed by atoms with Crippen LogP contribution in [-0.4, -0.2) is 36.3 Å². The summed E-state index contributed by atoms with van der Waals surface area (Å²) < 4.78 is 5.75. The first kappa shape index (κ1) is 15.0. The van der Waals surface area contributed by atoms with Gasteiger partial charge in [0.25, 0.3) is 0 Å². The number of aromatic nitrogens is 2. The Labute approximate surface area is 121 Å². The molecule has 0 bridgehead atoms. The molecule has 2 rings (SSSR count). The van der Waals surface area contributed by atoms with E-state index in [2.05, 4.69) is 27.5 Å². The lowest BCUT2D eigenvalue weighted by atomic mass is 10.1. The second kappa shape index (κ2) is 8.04. The zero-order valence-corrected chi connectivity index (χ0v) is 12.6. The third kappa shape index (κ3) is 4.07. The van der Waals surface area contributed by atoms with Crippen molar-refractivity contribution in [1.82, 2.24) is 9.97 Å². The van der Waals surface area contributed by atoms with Crippen LogP contribution in [0, 0.1) is 0 Å². The summed E-state index contributed by atoms with van der Waals surface area (Å²) in [6.07, 6.45) is 8.84. The van der Waals surface area contributed by atoms with Gasteiger partial charge in [0.1, 0.15) is 18.0 Å². The molecule has 112 valence electrons. The molecule has 2 N–H and O–H groups in total. The van der Waals surface area contributed by atoms with Crippen LogP contribution in [0.15, 0.2) is 6.33 Å². The average Bonchev–Trinajstić information content (AvgIpc) is 2.50. The fourth-order valence-electron chi connectivity index (χ4n) is 2.65. The number of anilines is 2. The van der Waals surface area contributed by atoms with Gasteiger partial charge in [-0.05, 0) is 32.1 Å². The molecule has 0 amide bonds. The fourth-order valence-corrected chi connectivity index (χ4v) is 2.65. The van der Waals surface area contributed by atoms with Crippen molar-refractivity contribution in [2.75, 3.05) is 30.8 Å². The van der Waals surface area contributed by atoms with Crippen LogP contribution in [0.3, 0.4) is 0 Å². The average molecular weight is 278 g/mol. The number of nitrogens with zero attached hydrogens (tertiary/aromatic N) is 2. The highest BCUT2D eigenvalue weighted by atomic mass is 16.5. The first-order valence-electron chi connectivity index (χ1n) is 7.72. The van der Waals surface area contributed by atoms with Gasteiger partial charge in [-0.25, -0.2) is 9.97 Å². The normalized spacial score (nSPS) is 18.8. The maximum Gasteiger partial charge on any atom is 0.134 e. The first-order valence-corrected chi connectivity index (χ1v) is 7.72. The summed E-state index contributed by atoms with van der Waals surface area (Å²) in [6.45, 7) is 4.00. The van der Waals surface area contributed by atoms with E-state index in [-0.39, 0.29) is 0 Å². The van der Waals surface area contributed by atoms with Gasteiger partial charge in [-0.15, -0.1) is 0 Å². The highest BCUT2D eigenvalue weighted by Crippen LogP contribution is 2.22. The molecular formula is C15H26N4O. The molecule has 1 aromatic heterocycles. The van der Waals surface area contributed by atoms with Crippen LogP contribution in [0.2, 0.25) is 0 Å². The summed E-state index contributed by atoms with van der Waals surface area (Å²) in [7, 11) is 1.90. The quantitative estimate of drug-likeness (QED) is 0.803. The lowest BCUT2D eigenvalue weighted by molar-refractivity contribution is 0.0134. The Hall–Kier alpha value is -1.36. The number of hydrogen-bond acceptors (Lipinski definition) is 5. The monoisotopic (exact) mass is 278 g/mol. The molecule has 0 spiro atoms. The van der Waals surface area contributed by atoms with Gasteiger partial charge in [0.2, 0.25) is 0 Å². The first-order chi connectivity index (χ1) is 9.85. The summed E-state index contributed by atoms with van der Waals surface area (Å²) in [5.41, 5.74) is 1.18. The summed E-state index contributed by atoms with van der Waals surface area (Å²) >= 11 is 0. The van der Waals surface area contributed by atoms with Gasteiger partial charge in [-0.1, -0.05) is 13.3 Å². The predicted octanol–water partition coefficient (Wildman–Crippen LogP) is 2.84. The molecule has 5 nitrogen and oxygen atoms in total. The molecule has 1 fully saturated rings. The van der Waals surface area contributed by atoms with E-state index in [1.807, 2.05) is 7.05 Å². The fraction of sp³-hybridized carbons (Fsp3) is 0.733. The van der Waals surface area contributed by atoms with Gasteiger partial charge < -0.3 is 15.4 Å². The largest absolute Gasteiger partial charge is 0.378 e. The lowest BCUT2D eigenvalue weighted by Gasteiger charge is -2.23.